The Hall–Kier alpha value is -4.24. The molecular weight excluding hydrogens is 474 g/mol. The third kappa shape index (κ3) is 6.05. The Kier molecular flexibility index (Phi) is 7.92. The van der Waals surface area contributed by atoms with Crippen LogP contribution < -0.4 is 5.43 Å². The van der Waals surface area contributed by atoms with Crippen LogP contribution in [0.5, 0.6) is 0 Å². The number of aromatic nitrogens is 3. The summed E-state index contributed by atoms with van der Waals surface area (Å²) in [5.74, 6) is 0.122. The molecule has 1 amide bonds. The number of carbonyl (C=O) groups excluding carboxylic acids is 2. The lowest BCUT2D eigenvalue weighted by Gasteiger charge is -2.11. The fourth-order valence-corrected chi connectivity index (χ4v) is 4.09. The molecule has 1 heterocycles. The molecule has 1 aromatic heterocycles. The normalized spacial score (nSPS) is 11.0. The first-order valence-corrected chi connectivity index (χ1v) is 12.2. The van der Waals surface area contributed by atoms with Crippen LogP contribution in [0.4, 0.5) is 0 Å². The largest absolute Gasteiger partial charge is 0.465 e. The average molecular weight is 500 g/mol. The summed E-state index contributed by atoms with van der Waals surface area (Å²) in [5.41, 5.74) is 7.86. The summed E-state index contributed by atoms with van der Waals surface area (Å²) in [6.07, 6.45) is 1.51. The Bertz CT molecular complexity index is 1380. The number of ether oxygens (including phenoxy) is 1. The quantitative estimate of drug-likeness (QED) is 0.165. The van der Waals surface area contributed by atoms with Crippen molar-refractivity contribution in [2.24, 2.45) is 5.10 Å². The Morgan fingerprint density at radius 1 is 0.944 bits per heavy atom. The van der Waals surface area contributed by atoms with Crippen LogP contribution >= 0.6 is 11.8 Å². The molecule has 3 aromatic carbocycles. The highest BCUT2D eigenvalue weighted by Gasteiger charge is 2.17. The number of hydrogen-bond acceptors (Lipinski definition) is 7. The maximum absolute atomic E-state index is 12.4. The molecule has 0 fully saturated rings. The molecule has 4 rings (SSSR count). The van der Waals surface area contributed by atoms with Crippen molar-refractivity contribution in [2.45, 2.75) is 19.0 Å². The number of hydrogen-bond donors (Lipinski definition) is 1. The van der Waals surface area contributed by atoms with E-state index >= 15 is 0 Å². The number of nitrogens with one attached hydrogen (secondary N) is 1. The van der Waals surface area contributed by atoms with Gasteiger partial charge >= 0.3 is 5.97 Å². The van der Waals surface area contributed by atoms with Gasteiger partial charge in [-0.15, -0.1) is 10.2 Å². The summed E-state index contributed by atoms with van der Waals surface area (Å²) in [6, 6.07) is 22.9. The fourth-order valence-electron chi connectivity index (χ4n) is 3.34. The second kappa shape index (κ2) is 11.5. The van der Waals surface area contributed by atoms with Gasteiger partial charge in [-0.25, -0.2) is 10.2 Å². The van der Waals surface area contributed by atoms with Crippen molar-refractivity contribution in [1.82, 2.24) is 20.2 Å². The molecular formula is C27H25N5O3S. The molecule has 0 aliphatic rings. The Morgan fingerprint density at radius 3 is 2.22 bits per heavy atom. The minimum absolute atomic E-state index is 0.108. The van der Waals surface area contributed by atoms with E-state index in [-0.39, 0.29) is 11.7 Å². The second-order valence-electron chi connectivity index (χ2n) is 8.04. The van der Waals surface area contributed by atoms with Gasteiger partial charge < -0.3 is 4.74 Å². The van der Waals surface area contributed by atoms with Gasteiger partial charge in [0.15, 0.2) is 11.0 Å². The number of benzene rings is 3. The van der Waals surface area contributed by atoms with Gasteiger partial charge in [0.25, 0.3) is 5.91 Å². The molecule has 8 nitrogen and oxygen atoms in total. The van der Waals surface area contributed by atoms with Crippen molar-refractivity contribution in [1.29, 1.82) is 0 Å². The second-order valence-corrected chi connectivity index (χ2v) is 8.98. The zero-order chi connectivity index (χ0) is 25.5. The van der Waals surface area contributed by atoms with E-state index in [2.05, 4.69) is 25.5 Å². The molecule has 0 unspecified atom stereocenters. The molecule has 0 aliphatic carbocycles. The number of aryl methyl sites for hydroxylation is 2. The van der Waals surface area contributed by atoms with E-state index in [1.165, 1.54) is 25.1 Å². The zero-order valence-electron chi connectivity index (χ0n) is 20.1. The topological polar surface area (TPSA) is 98.5 Å². The Morgan fingerprint density at radius 2 is 1.58 bits per heavy atom. The maximum Gasteiger partial charge on any atom is 0.337 e. The van der Waals surface area contributed by atoms with E-state index in [1.54, 1.807) is 24.3 Å². The van der Waals surface area contributed by atoms with Gasteiger partial charge in [-0.3, -0.25) is 9.36 Å². The van der Waals surface area contributed by atoms with Gasteiger partial charge in [0.2, 0.25) is 0 Å². The molecule has 4 aromatic rings. The number of thioether (sulfide) groups is 1. The predicted octanol–water partition coefficient (Wildman–Crippen LogP) is 4.58. The molecule has 0 radical (unpaired) electrons. The van der Waals surface area contributed by atoms with E-state index in [4.69, 9.17) is 0 Å². The van der Waals surface area contributed by atoms with E-state index in [9.17, 15) is 9.59 Å². The van der Waals surface area contributed by atoms with Crippen LogP contribution in [0.2, 0.25) is 0 Å². The van der Waals surface area contributed by atoms with Crippen LogP contribution in [-0.4, -0.2) is 45.7 Å². The highest BCUT2D eigenvalue weighted by atomic mass is 32.2. The fraction of sp³-hybridized carbons (Fsp3) is 0.148. The lowest BCUT2D eigenvalue weighted by Crippen LogP contribution is -2.20. The Balaban J connectivity index is 1.45. The maximum atomic E-state index is 12.4. The highest BCUT2D eigenvalue weighted by Crippen LogP contribution is 2.28. The molecule has 9 heteroatoms. The van der Waals surface area contributed by atoms with E-state index in [0.717, 1.165) is 27.9 Å². The molecule has 182 valence electrons. The third-order valence-corrected chi connectivity index (χ3v) is 6.23. The van der Waals surface area contributed by atoms with Crippen LogP contribution in [0.3, 0.4) is 0 Å². The summed E-state index contributed by atoms with van der Waals surface area (Å²) in [5, 5.41) is 13.4. The van der Waals surface area contributed by atoms with Gasteiger partial charge in [-0.05, 0) is 43.7 Å². The molecule has 0 atom stereocenters. The number of amides is 1. The molecule has 0 saturated carbocycles. The van der Waals surface area contributed by atoms with E-state index in [0.29, 0.717) is 16.5 Å². The number of hydrazone groups is 1. The van der Waals surface area contributed by atoms with Crippen LogP contribution in [0.1, 0.15) is 27.0 Å². The van der Waals surface area contributed by atoms with Gasteiger partial charge in [-0.2, -0.15) is 5.10 Å². The predicted molar refractivity (Wildman–Crippen MR) is 141 cm³/mol. The smallest absolute Gasteiger partial charge is 0.337 e. The van der Waals surface area contributed by atoms with Gasteiger partial charge in [0.1, 0.15) is 0 Å². The zero-order valence-corrected chi connectivity index (χ0v) is 21.0. The van der Waals surface area contributed by atoms with Crippen molar-refractivity contribution < 1.29 is 14.3 Å². The average Bonchev–Trinajstić information content (AvgIpc) is 3.32. The lowest BCUT2D eigenvalue weighted by molar-refractivity contribution is -0.118. The first-order valence-electron chi connectivity index (χ1n) is 11.2. The van der Waals surface area contributed by atoms with Crippen molar-refractivity contribution in [3.8, 4) is 17.1 Å². The Labute approximate surface area is 213 Å². The highest BCUT2D eigenvalue weighted by molar-refractivity contribution is 7.99. The minimum atomic E-state index is -0.409. The molecule has 0 saturated heterocycles. The van der Waals surface area contributed by atoms with Crippen molar-refractivity contribution in [2.75, 3.05) is 12.9 Å². The van der Waals surface area contributed by atoms with Crippen molar-refractivity contribution >= 4 is 29.9 Å². The van der Waals surface area contributed by atoms with Crippen LogP contribution in [0.25, 0.3) is 17.1 Å². The summed E-state index contributed by atoms with van der Waals surface area (Å²) < 4.78 is 6.63. The van der Waals surface area contributed by atoms with Gasteiger partial charge in [0, 0.05) is 11.3 Å². The van der Waals surface area contributed by atoms with Gasteiger partial charge in [0.05, 0.1) is 24.6 Å². The molecule has 36 heavy (non-hydrogen) atoms. The van der Waals surface area contributed by atoms with Gasteiger partial charge in [-0.1, -0.05) is 71.4 Å². The molecule has 0 aliphatic heterocycles. The molecule has 0 bridgehead atoms. The van der Waals surface area contributed by atoms with Crippen molar-refractivity contribution in [3.63, 3.8) is 0 Å². The van der Waals surface area contributed by atoms with Crippen LogP contribution in [0, 0.1) is 13.8 Å². The molecule has 1 N–H and O–H groups in total. The van der Waals surface area contributed by atoms with E-state index < -0.39 is 5.97 Å². The molecule has 0 spiro atoms. The number of nitrogens with zero attached hydrogens (tertiary/aromatic N) is 4. The first-order chi connectivity index (χ1) is 17.4. The first kappa shape index (κ1) is 24.9. The van der Waals surface area contributed by atoms with Crippen LogP contribution in [-0.2, 0) is 9.53 Å². The summed E-state index contributed by atoms with van der Waals surface area (Å²) in [6.45, 7) is 4.07. The minimum Gasteiger partial charge on any atom is -0.465 e. The number of rotatable bonds is 8. The summed E-state index contributed by atoms with van der Waals surface area (Å²) in [4.78, 5) is 23.9. The SMILES string of the molecule is COC(=O)c1ccc(/C=N\NC(=O)CSc2nnc(-c3ccc(C)cc3)n2-c2ccc(C)cc2)cc1. The number of methoxy groups -OCH3 is 1. The lowest BCUT2D eigenvalue weighted by atomic mass is 10.1. The number of carbonyl (C=O) groups is 2. The van der Waals surface area contributed by atoms with Crippen LogP contribution in [0.15, 0.2) is 83.1 Å². The monoisotopic (exact) mass is 499 g/mol. The van der Waals surface area contributed by atoms with Crippen molar-refractivity contribution in [3.05, 3.63) is 95.1 Å². The van der Waals surface area contributed by atoms with E-state index in [1.807, 2.05) is 66.9 Å². The number of esters is 1. The standard InChI is InChI=1S/C27H25N5O3S/c1-18-4-10-21(11-5-18)25-30-31-27(32(25)23-14-6-19(2)7-15-23)36-17-24(33)29-28-16-20-8-12-22(13-9-20)26(34)35-3/h4-16H,17H2,1-3H3,(H,29,33)/b28-16-. The summed E-state index contributed by atoms with van der Waals surface area (Å²) in [7, 11) is 1.33. The summed E-state index contributed by atoms with van der Waals surface area (Å²) >= 11 is 1.28. The third-order valence-electron chi connectivity index (χ3n) is 5.30.